The fourth-order valence-electron chi connectivity index (χ4n) is 1.92. The second-order valence-electron chi connectivity index (χ2n) is 4.10. The van der Waals surface area contributed by atoms with Gasteiger partial charge >= 0.3 is 5.97 Å². The fourth-order valence-corrected chi connectivity index (χ4v) is 1.92. The lowest BCUT2D eigenvalue weighted by Crippen LogP contribution is -2.34. The molecule has 1 aliphatic rings. The average Bonchev–Trinajstić information content (AvgIpc) is 2.29. The molecule has 4 heteroatoms. The van der Waals surface area contributed by atoms with E-state index < -0.39 is 5.97 Å². The topological polar surface area (TPSA) is 43.8 Å². The van der Waals surface area contributed by atoms with Gasteiger partial charge in [-0.05, 0) is 20.0 Å². The Morgan fingerprint density at radius 2 is 2.14 bits per heavy atom. The third-order valence-electron chi connectivity index (χ3n) is 2.70. The number of carboxylic acids is 1. The summed E-state index contributed by atoms with van der Waals surface area (Å²) in [6.07, 6.45) is 1.09. The number of carbonyl (C=O) groups is 1. The van der Waals surface area contributed by atoms with Crippen molar-refractivity contribution in [3.8, 4) is 0 Å². The second-order valence-corrected chi connectivity index (χ2v) is 4.10. The molecule has 82 valence electrons. The van der Waals surface area contributed by atoms with Crippen molar-refractivity contribution in [2.24, 2.45) is 5.92 Å². The first kappa shape index (κ1) is 11.5. The number of nitrogens with zero attached hydrogens (tertiary/aromatic N) is 2. The fraction of sp³-hybridized carbons (Fsp3) is 0.900. The molecule has 0 aromatic heterocycles. The van der Waals surface area contributed by atoms with Crippen LogP contribution in [0.4, 0.5) is 0 Å². The van der Waals surface area contributed by atoms with Crippen LogP contribution in [-0.2, 0) is 4.79 Å². The summed E-state index contributed by atoms with van der Waals surface area (Å²) < 4.78 is 0. The Morgan fingerprint density at radius 1 is 1.43 bits per heavy atom. The van der Waals surface area contributed by atoms with Gasteiger partial charge in [0.25, 0.3) is 0 Å². The zero-order chi connectivity index (χ0) is 10.6. The number of hydrogen-bond acceptors (Lipinski definition) is 3. The van der Waals surface area contributed by atoms with Crippen molar-refractivity contribution >= 4 is 5.97 Å². The van der Waals surface area contributed by atoms with Gasteiger partial charge in [-0.1, -0.05) is 6.92 Å². The van der Waals surface area contributed by atoms with Gasteiger partial charge in [0.2, 0.25) is 0 Å². The minimum absolute atomic E-state index is 0.228. The van der Waals surface area contributed by atoms with E-state index >= 15 is 0 Å². The van der Waals surface area contributed by atoms with Crippen molar-refractivity contribution in [1.29, 1.82) is 0 Å². The standard InChI is InChI=1S/C10H20N2O2/c1-3-4-12-6-5-11(2)7-9(8-12)10(13)14/h9H,3-8H2,1-2H3,(H,13,14). The molecule has 0 aliphatic carbocycles. The highest BCUT2D eigenvalue weighted by Gasteiger charge is 2.25. The number of likely N-dealkylation sites (N-methyl/N-ethyl adjacent to an activating group) is 1. The molecule has 0 bridgehead atoms. The SMILES string of the molecule is CCCN1CCN(C)CC(C(=O)O)C1. The van der Waals surface area contributed by atoms with Crippen LogP contribution >= 0.6 is 0 Å². The van der Waals surface area contributed by atoms with Gasteiger partial charge in [0.05, 0.1) is 5.92 Å². The van der Waals surface area contributed by atoms with Gasteiger partial charge < -0.3 is 14.9 Å². The quantitative estimate of drug-likeness (QED) is 0.713. The predicted octanol–water partition coefficient (Wildman–Crippen LogP) is 0.345. The zero-order valence-electron chi connectivity index (χ0n) is 9.07. The third kappa shape index (κ3) is 3.27. The molecular weight excluding hydrogens is 180 g/mol. The molecule has 0 spiro atoms. The molecule has 0 aromatic carbocycles. The summed E-state index contributed by atoms with van der Waals surface area (Å²) in [5.41, 5.74) is 0. The van der Waals surface area contributed by atoms with Gasteiger partial charge in [-0.2, -0.15) is 0 Å². The van der Waals surface area contributed by atoms with Crippen LogP contribution in [0.3, 0.4) is 0 Å². The van der Waals surface area contributed by atoms with Crippen LogP contribution in [-0.4, -0.2) is 60.6 Å². The Hall–Kier alpha value is -0.610. The Kier molecular flexibility index (Phi) is 4.35. The Balaban J connectivity index is 2.54. The molecule has 1 atom stereocenters. The molecule has 14 heavy (non-hydrogen) atoms. The van der Waals surface area contributed by atoms with E-state index in [-0.39, 0.29) is 5.92 Å². The normalized spacial score (nSPS) is 26.0. The Bertz CT molecular complexity index is 197. The van der Waals surface area contributed by atoms with Gasteiger partial charge in [0, 0.05) is 26.2 Å². The molecule has 1 N–H and O–H groups in total. The molecule has 0 saturated carbocycles. The van der Waals surface area contributed by atoms with Gasteiger partial charge in [0.1, 0.15) is 0 Å². The number of aliphatic carboxylic acids is 1. The van der Waals surface area contributed by atoms with E-state index in [4.69, 9.17) is 5.11 Å². The van der Waals surface area contributed by atoms with Gasteiger partial charge in [-0.3, -0.25) is 4.79 Å². The van der Waals surface area contributed by atoms with Crippen LogP contribution in [0.5, 0.6) is 0 Å². The molecule has 0 radical (unpaired) electrons. The predicted molar refractivity (Wildman–Crippen MR) is 55.4 cm³/mol. The summed E-state index contributed by atoms with van der Waals surface area (Å²) in [5.74, 6) is -0.895. The highest BCUT2D eigenvalue weighted by Crippen LogP contribution is 2.08. The molecule has 4 nitrogen and oxygen atoms in total. The van der Waals surface area contributed by atoms with Gasteiger partial charge in [-0.25, -0.2) is 0 Å². The molecule has 1 fully saturated rings. The van der Waals surface area contributed by atoms with Crippen molar-refractivity contribution in [3.05, 3.63) is 0 Å². The number of hydrogen-bond donors (Lipinski definition) is 1. The maximum absolute atomic E-state index is 10.9. The highest BCUT2D eigenvalue weighted by atomic mass is 16.4. The minimum atomic E-state index is -0.667. The molecule has 1 aliphatic heterocycles. The van der Waals surface area contributed by atoms with Crippen LogP contribution in [0, 0.1) is 5.92 Å². The lowest BCUT2D eigenvalue weighted by atomic mass is 10.1. The smallest absolute Gasteiger partial charge is 0.309 e. The van der Waals surface area contributed by atoms with E-state index in [0.717, 1.165) is 26.1 Å². The molecular formula is C10H20N2O2. The van der Waals surface area contributed by atoms with Crippen LogP contribution in [0.2, 0.25) is 0 Å². The molecule has 1 saturated heterocycles. The first-order valence-electron chi connectivity index (χ1n) is 5.27. The molecule has 1 unspecified atom stereocenters. The lowest BCUT2D eigenvalue weighted by molar-refractivity contribution is -0.142. The summed E-state index contributed by atoms with van der Waals surface area (Å²) in [6.45, 7) is 6.49. The van der Waals surface area contributed by atoms with Crippen molar-refractivity contribution in [2.45, 2.75) is 13.3 Å². The monoisotopic (exact) mass is 200 g/mol. The van der Waals surface area contributed by atoms with E-state index in [1.165, 1.54) is 0 Å². The van der Waals surface area contributed by atoms with Crippen molar-refractivity contribution < 1.29 is 9.90 Å². The molecule has 1 rings (SSSR count). The minimum Gasteiger partial charge on any atom is -0.481 e. The maximum atomic E-state index is 10.9. The van der Waals surface area contributed by atoms with Gasteiger partial charge in [0.15, 0.2) is 0 Å². The Labute approximate surface area is 85.5 Å². The van der Waals surface area contributed by atoms with Crippen LogP contribution in [0.15, 0.2) is 0 Å². The highest BCUT2D eigenvalue weighted by molar-refractivity contribution is 5.70. The summed E-state index contributed by atoms with van der Waals surface area (Å²) in [6, 6.07) is 0. The van der Waals surface area contributed by atoms with Crippen LogP contribution < -0.4 is 0 Å². The van der Waals surface area contributed by atoms with E-state index in [1.807, 2.05) is 7.05 Å². The summed E-state index contributed by atoms with van der Waals surface area (Å²) >= 11 is 0. The van der Waals surface area contributed by atoms with Crippen molar-refractivity contribution in [3.63, 3.8) is 0 Å². The largest absolute Gasteiger partial charge is 0.481 e. The van der Waals surface area contributed by atoms with E-state index in [2.05, 4.69) is 16.7 Å². The third-order valence-corrected chi connectivity index (χ3v) is 2.70. The van der Waals surface area contributed by atoms with Crippen LogP contribution in [0.1, 0.15) is 13.3 Å². The zero-order valence-corrected chi connectivity index (χ0v) is 9.07. The van der Waals surface area contributed by atoms with E-state index in [9.17, 15) is 4.79 Å². The van der Waals surface area contributed by atoms with Crippen molar-refractivity contribution in [1.82, 2.24) is 9.80 Å². The first-order valence-corrected chi connectivity index (χ1v) is 5.27. The first-order chi connectivity index (χ1) is 6.63. The van der Waals surface area contributed by atoms with E-state index in [1.54, 1.807) is 0 Å². The molecule has 0 aromatic rings. The average molecular weight is 200 g/mol. The Morgan fingerprint density at radius 3 is 2.71 bits per heavy atom. The lowest BCUT2D eigenvalue weighted by Gasteiger charge is -2.20. The van der Waals surface area contributed by atoms with Crippen LogP contribution in [0.25, 0.3) is 0 Å². The summed E-state index contributed by atoms with van der Waals surface area (Å²) in [4.78, 5) is 15.3. The molecule has 0 amide bonds. The molecule has 1 heterocycles. The number of rotatable bonds is 3. The second kappa shape index (κ2) is 5.32. The van der Waals surface area contributed by atoms with Crippen molar-refractivity contribution in [2.75, 3.05) is 39.8 Å². The maximum Gasteiger partial charge on any atom is 0.309 e. The van der Waals surface area contributed by atoms with Gasteiger partial charge in [-0.15, -0.1) is 0 Å². The summed E-state index contributed by atoms with van der Waals surface area (Å²) in [7, 11) is 1.99. The number of carboxylic acid groups (broad SMARTS) is 1. The van der Waals surface area contributed by atoms with E-state index in [0.29, 0.717) is 13.1 Å². The summed E-state index contributed by atoms with van der Waals surface area (Å²) in [5, 5.41) is 9.01.